The highest BCUT2D eigenvalue weighted by Crippen LogP contribution is 2.20. The second-order valence-electron chi connectivity index (χ2n) is 2.61. The molecule has 13 heavy (non-hydrogen) atoms. The van der Waals surface area contributed by atoms with Crippen LogP contribution in [0.4, 0.5) is 5.82 Å². The molecular formula is C7H10N4OS. The maximum atomic E-state index is 5.21. The van der Waals surface area contributed by atoms with Gasteiger partial charge in [-0.05, 0) is 6.26 Å². The molecule has 0 unspecified atom stereocenters. The van der Waals surface area contributed by atoms with E-state index in [1.165, 1.54) is 11.8 Å². The molecule has 1 aromatic heterocycles. The van der Waals surface area contributed by atoms with Crippen LogP contribution in [0.15, 0.2) is 11.4 Å². The van der Waals surface area contributed by atoms with Crippen LogP contribution in [0.5, 0.6) is 0 Å². The molecule has 2 heterocycles. The lowest BCUT2D eigenvalue weighted by Gasteiger charge is -2.24. The Bertz CT molecular complexity index is 319. The van der Waals surface area contributed by atoms with Gasteiger partial charge in [0, 0.05) is 18.8 Å². The number of hydrazine groups is 1. The molecule has 1 aromatic rings. The van der Waals surface area contributed by atoms with Gasteiger partial charge in [0.15, 0.2) is 11.0 Å². The topological polar surface area (TPSA) is 50.3 Å². The zero-order chi connectivity index (χ0) is 9.26. The second-order valence-corrected chi connectivity index (χ2v) is 3.39. The first kappa shape index (κ1) is 8.74. The molecule has 0 aliphatic carbocycles. The van der Waals surface area contributed by atoms with Crippen molar-refractivity contribution in [3.63, 3.8) is 0 Å². The van der Waals surface area contributed by atoms with Gasteiger partial charge >= 0.3 is 0 Å². The first-order chi connectivity index (χ1) is 6.29. The molecule has 0 amide bonds. The van der Waals surface area contributed by atoms with Gasteiger partial charge in [-0.25, -0.2) is 9.97 Å². The van der Waals surface area contributed by atoms with Gasteiger partial charge in [0.25, 0.3) is 0 Å². The SMILES string of the molecule is CSc1ncc2c(n1)NN(C)OC2. The van der Waals surface area contributed by atoms with Gasteiger partial charge in [0.2, 0.25) is 0 Å². The maximum Gasteiger partial charge on any atom is 0.189 e. The summed E-state index contributed by atoms with van der Waals surface area (Å²) in [5, 5.41) is 2.31. The van der Waals surface area contributed by atoms with Crippen molar-refractivity contribution in [1.29, 1.82) is 0 Å². The lowest BCUT2D eigenvalue weighted by atomic mass is 10.3. The van der Waals surface area contributed by atoms with E-state index in [4.69, 9.17) is 4.84 Å². The van der Waals surface area contributed by atoms with Crippen molar-refractivity contribution in [1.82, 2.24) is 15.1 Å². The zero-order valence-electron chi connectivity index (χ0n) is 7.44. The Morgan fingerprint density at radius 3 is 3.31 bits per heavy atom. The molecule has 1 N–H and O–H groups in total. The van der Waals surface area contributed by atoms with Crippen molar-refractivity contribution in [3.05, 3.63) is 11.8 Å². The first-order valence-corrected chi connectivity index (χ1v) is 5.05. The molecule has 0 atom stereocenters. The molecule has 6 heteroatoms. The number of anilines is 1. The average molecular weight is 198 g/mol. The molecule has 1 aliphatic rings. The van der Waals surface area contributed by atoms with E-state index in [0.717, 1.165) is 16.5 Å². The fourth-order valence-electron chi connectivity index (χ4n) is 1.04. The molecule has 70 valence electrons. The number of nitrogens with zero attached hydrogens (tertiary/aromatic N) is 3. The van der Waals surface area contributed by atoms with Crippen molar-refractivity contribution < 1.29 is 4.84 Å². The van der Waals surface area contributed by atoms with Crippen molar-refractivity contribution in [2.75, 3.05) is 18.7 Å². The van der Waals surface area contributed by atoms with Gasteiger partial charge in [-0.2, -0.15) is 0 Å². The molecule has 0 bridgehead atoms. The smallest absolute Gasteiger partial charge is 0.189 e. The van der Waals surface area contributed by atoms with E-state index >= 15 is 0 Å². The van der Waals surface area contributed by atoms with Gasteiger partial charge in [0.05, 0.1) is 0 Å². The zero-order valence-corrected chi connectivity index (χ0v) is 8.26. The average Bonchev–Trinajstić information content (AvgIpc) is 2.16. The van der Waals surface area contributed by atoms with Crippen LogP contribution >= 0.6 is 11.8 Å². The summed E-state index contributed by atoms with van der Waals surface area (Å²) in [4.78, 5) is 13.7. The summed E-state index contributed by atoms with van der Waals surface area (Å²) in [7, 11) is 1.80. The number of thioether (sulfide) groups is 1. The number of fused-ring (bicyclic) bond motifs is 1. The van der Waals surface area contributed by atoms with E-state index in [0.29, 0.717) is 6.61 Å². The number of hydrogen-bond donors (Lipinski definition) is 1. The molecule has 2 rings (SSSR count). The van der Waals surface area contributed by atoms with E-state index in [2.05, 4.69) is 15.4 Å². The quantitative estimate of drug-likeness (QED) is 0.534. The predicted octanol–water partition coefficient (Wildman–Crippen LogP) is 0.902. The Hall–Kier alpha value is -0.850. The van der Waals surface area contributed by atoms with E-state index < -0.39 is 0 Å². The second kappa shape index (κ2) is 3.49. The standard InChI is InChI=1S/C7H10N4OS/c1-11-10-6-5(4-12-11)3-8-7(9-6)13-2/h3H,4H2,1-2H3,(H,8,9,10). The van der Waals surface area contributed by atoms with Crippen LogP contribution in [0.3, 0.4) is 0 Å². The molecular weight excluding hydrogens is 188 g/mol. The third-order valence-corrected chi connectivity index (χ3v) is 2.26. The van der Waals surface area contributed by atoms with Crippen LogP contribution in [0.25, 0.3) is 0 Å². The highest BCUT2D eigenvalue weighted by Gasteiger charge is 2.14. The third kappa shape index (κ3) is 1.74. The summed E-state index contributed by atoms with van der Waals surface area (Å²) in [5.41, 5.74) is 3.96. The van der Waals surface area contributed by atoms with Gasteiger partial charge < -0.3 is 0 Å². The minimum Gasteiger partial charge on any atom is -0.280 e. The molecule has 0 radical (unpaired) electrons. The molecule has 0 spiro atoms. The van der Waals surface area contributed by atoms with Gasteiger partial charge in [-0.1, -0.05) is 11.8 Å². The number of aromatic nitrogens is 2. The van der Waals surface area contributed by atoms with Crippen LogP contribution in [0.2, 0.25) is 0 Å². The Balaban J connectivity index is 2.32. The minimum absolute atomic E-state index is 0.521. The maximum absolute atomic E-state index is 5.21. The first-order valence-electron chi connectivity index (χ1n) is 3.83. The van der Waals surface area contributed by atoms with Gasteiger partial charge in [-0.15, -0.1) is 5.17 Å². The number of nitrogens with one attached hydrogen (secondary N) is 1. The monoisotopic (exact) mass is 198 g/mol. The van der Waals surface area contributed by atoms with Crippen LogP contribution < -0.4 is 5.43 Å². The predicted molar refractivity (Wildman–Crippen MR) is 50.0 cm³/mol. The molecule has 0 saturated heterocycles. The number of rotatable bonds is 1. The van der Waals surface area contributed by atoms with Crippen molar-refractivity contribution >= 4 is 17.6 Å². The molecule has 0 fully saturated rings. The van der Waals surface area contributed by atoms with Crippen LogP contribution in [-0.4, -0.2) is 28.4 Å². The summed E-state index contributed by atoms with van der Waals surface area (Å²) in [6, 6.07) is 0. The van der Waals surface area contributed by atoms with Crippen LogP contribution in [0, 0.1) is 0 Å². The molecule has 0 saturated carbocycles. The van der Waals surface area contributed by atoms with Crippen molar-refractivity contribution in [3.8, 4) is 0 Å². The van der Waals surface area contributed by atoms with E-state index in [-0.39, 0.29) is 0 Å². The molecule has 5 nitrogen and oxygen atoms in total. The molecule has 0 aromatic carbocycles. The van der Waals surface area contributed by atoms with E-state index in [1.807, 2.05) is 6.26 Å². The Morgan fingerprint density at radius 2 is 2.54 bits per heavy atom. The number of hydrogen-bond acceptors (Lipinski definition) is 6. The third-order valence-electron chi connectivity index (χ3n) is 1.70. The van der Waals surface area contributed by atoms with E-state index in [1.54, 1.807) is 18.4 Å². The molecule has 1 aliphatic heterocycles. The summed E-state index contributed by atoms with van der Waals surface area (Å²) in [6.45, 7) is 0.521. The fraction of sp³-hybridized carbons (Fsp3) is 0.429. The summed E-state index contributed by atoms with van der Waals surface area (Å²) < 4.78 is 0. The Morgan fingerprint density at radius 1 is 1.69 bits per heavy atom. The minimum atomic E-state index is 0.521. The van der Waals surface area contributed by atoms with E-state index in [9.17, 15) is 0 Å². The van der Waals surface area contributed by atoms with Crippen LogP contribution in [-0.2, 0) is 11.4 Å². The normalized spacial score (nSPS) is 16.5. The van der Waals surface area contributed by atoms with Crippen molar-refractivity contribution in [2.24, 2.45) is 0 Å². The highest BCUT2D eigenvalue weighted by atomic mass is 32.2. The summed E-state index contributed by atoms with van der Waals surface area (Å²) in [6.07, 6.45) is 3.74. The Kier molecular flexibility index (Phi) is 2.34. The van der Waals surface area contributed by atoms with Gasteiger partial charge in [-0.3, -0.25) is 10.3 Å². The van der Waals surface area contributed by atoms with Crippen molar-refractivity contribution in [2.45, 2.75) is 11.8 Å². The number of hydroxylamine groups is 1. The largest absolute Gasteiger partial charge is 0.280 e. The highest BCUT2D eigenvalue weighted by molar-refractivity contribution is 7.98. The van der Waals surface area contributed by atoms with Crippen LogP contribution in [0.1, 0.15) is 5.56 Å². The lowest BCUT2D eigenvalue weighted by Crippen LogP contribution is -2.31. The fourth-order valence-corrected chi connectivity index (χ4v) is 1.38. The summed E-state index contributed by atoms with van der Waals surface area (Å²) in [5.74, 6) is 0.827. The van der Waals surface area contributed by atoms with Gasteiger partial charge in [0.1, 0.15) is 6.61 Å². The summed E-state index contributed by atoms with van der Waals surface area (Å²) >= 11 is 1.52. The Labute approximate surface area is 80.4 Å². The lowest BCUT2D eigenvalue weighted by molar-refractivity contribution is -0.139.